The molecule has 6 heteroatoms. The second-order valence-corrected chi connectivity index (χ2v) is 7.18. The molecule has 2 rings (SSSR count). The zero-order valence-electron chi connectivity index (χ0n) is 13.6. The van der Waals surface area contributed by atoms with Crippen LogP contribution in [-0.4, -0.2) is 25.3 Å². The minimum absolute atomic E-state index is 0.0779. The number of thioether (sulfide) groups is 1. The Morgan fingerprint density at radius 3 is 2.67 bits per heavy atom. The van der Waals surface area contributed by atoms with Gasteiger partial charge in [-0.05, 0) is 48.4 Å². The van der Waals surface area contributed by atoms with E-state index in [4.69, 9.17) is 27.9 Å². The molecule has 0 heterocycles. The topological polar surface area (TPSA) is 38.3 Å². The van der Waals surface area contributed by atoms with Crippen LogP contribution >= 0.6 is 35.0 Å². The van der Waals surface area contributed by atoms with Gasteiger partial charge in [0.1, 0.15) is 5.75 Å². The van der Waals surface area contributed by atoms with Crippen molar-refractivity contribution in [1.82, 2.24) is 5.32 Å². The molecule has 1 amide bonds. The lowest BCUT2D eigenvalue weighted by Crippen LogP contribution is -2.25. The lowest BCUT2D eigenvalue weighted by Gasteiger charge is -2.09. The number of amides is 1. The van der Waals surface area contributed by atoms with Crippen molar-refractivity contribution in [2.75, 3.05) is 19.4 Å². The predicted molar refractivity (Wildman–Crippen MR) is 103 cm³/mol. The number of benzene rings is 2. The molecule has 0 fully saturated rings. The fourth-order valence-corrected chi connectivity index (χ4v) is 3.60. The van der Waals surface area contributed by atoms with Gasteiger partial charge in [0.2, 0.25) is 0 Å². The number of methoxy groups -OCH3 is 1. The van der Waals surface area contributed by atoms with Gasteiger partial charge in [0, 0.05) is 33.7 Å². The molecule has 128 valence electrons. The summed E-state index contributed by atoms with van der Waals surface area (Å²) in [5, 5.41) is 4.23. The van der Waals surface area contributed by atoms with E-state index in [1.54, 1.807) is 31.0 Å². The number of hydrogen-bond acceptors (Lipinski definition) is 3. The second-order valence-electron chi connectivity index (χ2n) is 5.23. The maximum absolute atomic E-state index is 12.1. The Kier molecular flexibility index (Phi) is 7.28. The van der Waals surface area contributed by atoms with Crippen LogP contribution in [0.2, 0.25) is 10.0 Å². The highest BCUT2D eigenvalue weighted by Crippen LogP contribution is 2.24. The van der Waals surface area contributed by atoms with Gasteiger partial charge >= 0.3 is 0 Å². The summed E-state index contributed by atoms with van der Waals surface area (Å²) in [6.07, 6.45) is 0. The molecular formula is C18H19Cl2NO2S. The largest absolute Gasteiger partial charge is 0.496 e. The molecule has 3 nitrogen and oxygen atoms in total. The monoisotopic (exact) mass is 383 g/mol. The van der Waals surface area contributed by atoms with Gasteiger partial charge in [-0.25, -0.2) is 0 Å². The third-order valence-electron chi connectivity index (χ3n) is 3.46. The number of halogens is 2. The van der Waals surface area contributed by atoms with E-state index in [1.807, 2.05) is 31.2 Å². The van der Waals surface area contributed by atoms with Crippen LogP contribution < -0.4 is 10.1 Å². The van der Waals surface area contributed by atoms with Gasteiger partial charge in [-0.15, -0.1) is 0 Å². The van der Waals surface area contributed by atoms with Crippen LogP contribution in [0.4, 0.5) is 0 Å². The molecule has 0 aromatic heterocycles. The van der Waals surface area contributed by atoms with E-state index < -0.39 is 0 Å². The van der Waals surface area contributed by atoms with Crippen LogP contribution in [0.1, 0.15) is 21.5 Å². The highest BCUT2D eigenvalue weighted by Gasteiger charge is 2.07. The van der Waals surface area contributed by atoms with Crippen LogP contribution in [0.3, 0.4) is 0 Å². The van der Waals surface area contributed by atoms with Crippen molar-refractivity contribution in [1.29, 1.82) is 0 Å². The lowest BCUT2D eigenvalue weighted by atomic mass is 10.1. The van der Waals surface area contributed by atoms with E-state index in [0.717, 1.165) is 28.4 Å². The third kappa shape index (κ3) is 5.33. The Morgan fingerprint density at radius 2 is 2.00 bits per heavy atom. The van der Waals surface area contributed by atoms with Crippen LogP contribution in [0.5, 0.6) is 5.75 Å². The zero-order valence-corrected chi connectivity index (χ0v) is 15.9. The summed E-state index contributed by atoms with van der Waals surface area (Å²) >= 11 is 13.7. The highest BCUT2D eigenvalue weighted by atomic mass is 35.5. The minimum Gasteiger partial charge on any atom is -0.496 e. The molecule has 2 aromatic rings. The number of carbonyl (C=O) groups excluding carboxylic acids is 1. The van der Waals surface area contributed by atoms with E-state index in [1.165, 1.54) is 0 Å². The normalized spacial score (nSPS) is 10.5. The summed E-state index contributed by atoms with van der Waals surface area (Å²) < 4.78 is 5.20. The van der Waals surface area contributed by atoms with E-state index in [2.05, 4.69) is 5.32 Å². The number of ether oxygens (including phenoxy) is 1. The fourth-order valence-electron chi connectivity index (χ4n) is 2.18. The van der Waals surface area contributed by atoms with Crippen molar-refractivity contribution in [3.05, 3.63) is 63.1 Å². The summed E-state index contributed by atoms with van der Waals surface area (Å²) in [6, 6.07) is 10.9. The first-order valence-electron chi connectivity index (χ1n) is 7.45. The molecule has 1 N–H and O–H groups in total. The average Bonchev–Trinajstić information content (AvgIpc) is 2.56. The highest BCUT2D eigenvalue weighted by molar-refractivity contribution is 7.98. The SMILES string of the molecule is COc1ccc(C(=O)NCCSCc2ccc(Cl)cc2Cl)cc1C. The quantitative estimate of drug-likeness (QED) is 0.685. The molecule has 0 spiro atoms. The number of hydrogen-bond donors (Lipinski definition) is 1. The van der Waals surface area contributed by atoms with Crippen molar-refractivity contribution in [2.24, 2.45) is 0 Å². The number of aryl methyl sites for hydroxylation is 1. The van der Waals surface area contributed by atoms with E-state index in [9.17, 15) is 4.79 Å². The first-order valence-corrected chi connectivity index (χ1v) is 9.37. The van der Waals surface area contributed by atoms with Gasteiger partial charge in [-0.1, -0.05) is 29.3 Å². The molecule has 0 unspecified atom stereocenters. The first-order chi connectivity index (χ1) is 11.5. The minimum atomic E-state index is -0.0779. The van der Waals surface area contributed by atoms with Crippen molar-refractivity contribution in [3.63, 3.8) is 0 Å². The molecule has 2 aromatic carbocycles. The summed E-state index contributed by atoms with van der Waals surface area (Å²) in [6.45, 7) is 2.51. The van der Waals surface area contributed by atoms with Crippen molar-refractivity contribution in [2.45, 2.75) is 12.7 Å². The number of carbonyl (C=O) groups is 1. The molecule has 0 atom stereocenters. The second kappa shape index (κ2) is 9.21. The summed E-state index contributed by atoms with van der Waals surface area (Å²) in [5.41, 5.74) is 2.62. The van der Waals surface area contributed by atoms with Gasteiger partial charge in [-0.2, -0.15) is 11.8 Å². The van der Waals surface area contributed by atoms with E-state index in [-0.39, 0.29) is 5.91 Å². The molecule has 0 saturated heterocycles. The Labute approximate surface area is 156 Å². The summed E-state index contributed by atoms with van der Waals surface area (Å²) in [7, 11) is 1.62. The zero-order chi connectivity index (χ0) is 17.5. The molecule has 0 aliphatic heterocycles. The van der Waals surface area contributed by atoms with Gasteiger partial charge in [0.25, 0.3) is 5.91 Å². The third-order valence-corrected chi connectivity index (χ3v) is 5.06. The van der Waals surface area contributed by atoms with Crippen LogP contribution in [0.15, 0.2) is 36.4 Å². The summed E-state index contributed by atoms with van der Waals surface area (Å²) in [5.74, 6) is 2.29. The van der Waals surface area contributed by atoms with E-state index >= 15 is 0 Å². The average molecular weight is 384 g/mol. The van der Waals surface area contributed by atoms with Crippen molar-refractivity contribution < 1.29 is 9.53 Å². The lowest BCUT2D eigenvalue weighted by molar-refractivity contribution is 0.0956. The van der Waals surface area contributed by atoms with Crippen molar-refractivity contribution in [3.8, 4) is 5.75 Å². The maximum Gasteiger partial charge on any atom is 0.251 e. The number of rotatable bonds is 7. The molecule has 0 aliphatic carbocycles. The van der Waals surface area contributed by atoms with Gasteiger partial charge in [0.05, 0.1) is 7.11 Å². The van der Waals surface area contributed by atoms with Crippen LogP contribution in [-0.2, 0) is 5.75 Å². The predicted octanol–water partition coefficient (Wildman–Crippen LogP) is 4.97. The van der Waals surface area contributed by atoms with Crippen LogP contribution in [0.25, 0.3) is 0 Å². The van der Waals surface area contributed by atoms with Crippen LogP contribution in [0, 0.1) is 6.92 Å². The summed E-state index contributed by atoms with van der Waals surface area (Å²) in [4.78, 5) is 12.1. The maximum atomic E-state index is 12.1. The van der Waals surface area contributed by atoms with Crippen molar-refractivity contribution >= 4 is 40.9 Å². The standard InChI is InChI=1S/C18H19Cl2NO2S/c1-12-9-13(4-6-17(12)23-2)18(22)21-7-8-24-11-14-3-5-15(19)10-16(14)20/h3-6,9-10H,7-8,11H2,1-2H3,(H,21,22). The molecular weight excluding hydrogens is 365 g/mol. The molecule has 0 radical (unpaired) electrons. The Morgan fingerprint density at radius 1 is 1.21 bits per heavy atom. The molecule has 0 saturated carbocycles. The Hall–Kier alpha value is -1.36. The van der Waals surface area contributed by atoms with Gasteiger partial charge in [0.15, 0.2) is 0 Å². The molecule has 0 aliphatic rings. The molecule has 24 heavy (non-hydrogen) atoms. The van der Waals surface area contributed by atoms with Gasteiger partial charge < -0.3 is 10.1 Å². The Bertz CT molecular complexity index is 722. The molecule has 0 bridgehead atoms. The smallest absolute Gasteiger partial charge is 0.251 e. The first kappa shape index (κ1) is 19.0. The fraction of sp³-hybridized carbons (Fsp3) is 0.278. The van der Waals surface area contributed by atoms with E-state index in [0.29, 0.717) is 22.2 Å². The van der Waals surface area contributed by atoms with Gasteiger partial charge in [-0.3, -0.25) is 4.79 Å². The number of nitrogens with one attached hydrogen (secondary N) is 1. The Balaban J connectivity index is 1.75.